The van der Waals surface area contributed by atoms with Gasteiger partial charge in [-0.1, -0.05) is 42.5 Å². The molecule has 0 atom stereocenters. The van der Waals surface area contributed by atoms with Crippen LogP contribution in [-0.4, -0.2) is 12.5 Å². The zero-order chi connectivity index (χ0) is 15.1. The molecule has 2 rings (SSSR count). The van der Waals surface area contributed by atoms with Crippen molar-refractivity contribution in [2.24, 2.45) is 0 Å². The van der Waals surface area contributed by atoms with Gasteiger partial charge in [-0.3, -0.25) is 4.79 Å². The number of nitrogens with one attached hydrogen (secondary N) is 2. The molecule has 2 N–H and O–H groups in total. The molecule has 2 aromatic rings. The Hall–Kier alpha value is -2.13. The van der Waals surface area contributed by atoms with E-state index in [1.807, 2.05) is 24.3 Å². The van der Waals surface area contributed by atoms with Crippen molar-refractivity contribution in [2.75, 3.05) is 11.9 Å². The molecule has 2 aromatic carbocycles. The smallest absolute Gasteiger partial charge is 0.221 e. The number of amides is 1. The predicted octanol–water partition coefficient (Wildman–Crippen LogP) is 3.29. The third-order valence-electron chi connectivity index (χ3n) is 3.48. The summed E-state index contributed by atoms with van der Waals surface area (Å²) >= 11 is 0. The Morgan fingerprint density at radius 2 is 1.67 bits per heavy atom. The number of anilines is 1. The van der Waals surface area contributed by atoms with Crippen molar-refractivity contribution in [3.63, 3.8) is 0 Å². The van der Waals surface area contributed by atoms with Crippen molar-refractivity contribution in [3.05, 3.63) is 65.2 Å². The van der Waals surface area contributed by atoms with Gasteiger partial charge in [0, 0.05) is 19.2 Å². The number of hydrogen-bond donors (Lipinski definition) is 2. The molecule has 0 aliphatic carbocycles. The number of benzene rings is 2. The second kappa shape index (κ2) is 7.60. The van der Waals surface area contributed by atoms with Gasteiger partial charge >= 0.3 is 0 Å². The van der Waals surface area contributed by atoms with Gasteiger partial charge in [0.05, 0.1) is 0 Å². The van der Waals surface area contributed by atoms with Crippen LogP contribution in [0.5, 0.6) is 0 Å². The monoisotopic (exact) mass is 282 g/mol. The molecule has 3 nitrogen and oxygen atoms in total. The molecule has 0 radical (unpaired) electrons. The minimum Gasteiger partial charge on any atom is -0.326 e. The number of carbonyl (C=O) groups excluding carboxylic acids is 1. The molecule has 110 valence electrons. The first-order valence-corrected chi connectivity index (χ1v) is 7.27. The zero-order valence-electron chi connectivity index (χ0n) is 12.6. The van der Waals surface area contributed by atoms with E-state index in [4.69, 9.17) is 0 Å². The van der Waals surface area contributed by atoms with Crippen LogP contribution in [0.15, 0.2) is 48.5 Å². The molecule has 0 unspecified atom stereocenters. The normalized spacial score (nSPS) is 10.4. The summed E-state index contributed by atoms with van der Waals surface area (Å²) in [4.78, 5) is 11.2. The fourth-order valence-corrected chi connectivity index (χ4v) is 2.32. The number of para-hydroxylation sites is 1. The van der Waals surface area contributed by atoms with Crippen LogP contribution in [0.25, 0.3) is 0 Å². The first kappa shape index (κ1) is 15.3. The highest BCUT2D eigenvalue weighted by Gasteiger charge is 2.03. The van der Waals surface area contributed by atoms with E-state index in [1.165, 1.54) is 18.1 Å². The van der Waals surface area contributed by atoms with Crippen LogP contribution >= 0.6 is 0 Å². The Morgan fingerprint density at radius 3 is 2.38 bits per heavy atom. The van der Waals surface area contributed by atoms with E-state index in [0.29, 0.717) is 0 Å². The quantitative estimate of drug-likeness (QED) is 0.798. The van der Waals surface area contributed by atoms with Gasteiger partial charge in [0.25, 0.3) is 0 Å². The van der Waals surface area contributed by atoms with Gasteiger partial charge in [0.1, 0.15) is 0 Å². The molecule has 1 amide bonds. The summed E-state index contributed by atoms with van der Waals surface area (Å²) in [6.45, 7) is 5.34. The van der Waals surface area contributed by atoms with Crippen molar-refractivity contribution in [1.29, 1.82) is 0 Å². The van der Waals surface area contributed by atoms with Crippen molar-refractivity contribution in [3.8, 4) is 0 Å². The maximum Gasteiger partial charge on any atom is 0.221 e. The summed E-state index contributed by atoms with van der Waals surface area (Å²) < 4.78 is 0. The van der Waals surface area contributed by atoms with E-state index in [-0.39, 0.29) is 5.91 Å². The van der Waals surface area contributed by atoms with Crippen LogP contribution < -0.4 is 10.6 Å². The average Bonchev–Trinajstić information content (AvgIpc) is 2.46. The maximum absolute atomic E-state index is 11.2. The lowest BCUT2D eigenvalue weighted by molar-refractivity contribution is -0.114. The van der Waals surface area contributed by atoms with Gasteiger partial charge in [0.15, 0.2) is 0 Å². The molecule has 0 saturated heterocycles. The molecule has 0 fully saturated rings. The molecule has 0 aliphatic heterocycles. The second-order valence-electron chi connectivity index (χ2n) is 5.19. The fourth-order valence-electron chi connectivity index (χ4n) is 2.32. The fraction of sp³-hybridized carbons (Fsp3) is 0.278. The highest BCUT2D eigenvalue weighted by atomic mass is 16.1. The summed E-state index contributed by atoms with van der Waals surface area (Å²) in [5.74, 6) is -0.0395. The van der Waals surface area contributed by atoms with Crippen LogP contribution in [-0.2, 0) is 17.8 Å². The van der Waals surface area contributed by atoms with Gasteiger partial charge in [-0.05, 0) is 42.6 Å². The third kappa shape index (κ3) is 4.72. The Bertz CT molecular complexity index is 608. The number of aryl methyl sites for hydroxylation is 1. The van der Waals surface area contributed by atoms with E-state index in [9.17, 15) is 4.79 Å². The minimum absolute atomic E-state index is 0.0395. The van der Waals surface area contributed by atoms with Crippen LogP contribution in [0.2, 0.25) is 0 Å². The highest BCUT2D eigenvalue weighted by Crippen LogP contribution is 2.14. The van der Waals surface area contributed by atoms with Crippen LogP contribution in [0.1, 0.15) is 23.6 Å². The molecule has 0 aromatic heterocycles. The van der Waals surface area contributed by atoms with E-state index in [0.717, 1.165) is 30.8 Å². The number of hydrogen-bond acceptors (Lipinski definition) is 2. The van der Waals surface area contributed by atoms with E-state index in [1.54, 1.807) is 0 Å². The molecule has 0 spiro atoms. The second-order valence-corrected chi connectivity index (χ2v) is 5.19. The molecule has 0 bridgehead atoms. The first-order chi connectivity index (χ1) is 10.2. The van der Waals surface area contributed by atoms with Crippen LogP contribution in [0.4, 0.5) is 5.69 Å². The van der Waals surface area contributed by atoms with Gasteiger partial charge in [-0.2, -0.15) is 0 Å². The largest absolute Gasteiger partial charge is 0.326 e. The van der Waals surface area contributed by atoms with E-state index in [2.05, 4.69) is 41.8 Å². The highest BCUT2D eigenvalue weighted by molar-refractivity contribution is 5.89. The Morgan fingerprint density at radius 1 is 1.00 bits per heavy atom. The summed E-state index contributed by atoms with van der Waals surface area (Å²) in [5, 5.41) is 6.30. The lowest BCUT2D eigenvalue weighted by atomic mass is 10.1. The lowest BCUT2D eigenvalue weighted by Gasteiger charge is -2.11. The average molecular weight is 282 g/mol. The summed E-state index contributed by atoms with van der Waals surface area (Å²) in [7, 11) is 0. The Balaban J connectivity index is 1.86. The maximum atomic E-state index is 11.2. The molecule has 3 heteroatoms. The summed E-state index contributed by atoms with van der Waals surface area (Å²) in [5.41, 5.74) is 4.70. The molecular weight excluding hydrogens is 260 g/mol. The van der Waals surface area contributed by atoms with Crippen LogP contribution in [0.3, 0.4) is 0 Å². The minimum atomic E-state index is -0.0395. The van der Waals surface area contributed by atoms with Crippen molar-refractivity contribution in [2.45, 2.75) is 26.8 Å². The van der Waals surface area contributed by atoms with Crippen LogP contribution in [0, 0.1) is 6.92 Å². The van der Waals surface area contributed by atoms with Crippen molar-refractivity contribution in [1.82, 2.24) is 5.32 Å². The number of rotatable bonds is 6. The molecule has 0 saturated carbocycles. The van der Waals surface area contributed by atoms with Gasteiger partial charge in [-0.15, -0.1) is 0 Å². The third-order valence-corrected chi connectivity index (χ3v) is 3.48. The van der Waals surface area contributed by atoms with Gasteiger partial charge < -0.3 is 10.6 Å². The van der Waals surface area contributed by atoms with Crippen molar-refractivity contribution < 1.29 is 4.79 Å². The zero-order valence-corrected chi connectivity index (χ0v) is 12.6. The van der Waals surface area contributed by atoms with E-state index >= 15 is 0 Å². The molecule has 0 heterocycles. The lowest BCUT2D eigenvalue weighted by Crippen LogP contribution is -2.18. The Labute approximate surface area is 126 Å². The Kier molecular flexibility index (Phi) is 5.52. The topological polar surface area (TPSA) is 41.1 Å². The van der Waals surface area contributed by atoms with Crippen molar-refractivity contribution >= 4 is 11.6 Å². The molecule has 0 aliphatic rings. The predicted molar refractivity (Wildman–Crippen MR) is 87.3 cm³/mol. The SMILES string of the molecule is CC(=O)Nc1ccccc1CNCCc1ccccc1C. The number of carbonyl (C=O) groups is 1. The molecular formula is C18H22N2O. The summed E-state index contributed by atoms with van der Waals surface area (Å²) in [6.07, 6.45) is 1.01. The van der Waals surface area contributed by atoms with Gasteiger partial charge in [-0.25, -0.2) is 0 Å². The van der Waals surface area contributed by atoms with Gasteiger partial charge in [0.2, 0.25) is 5.91 Å². The van der Waals surface area contributed by atoms with E-state index < -0.39 is 0 Å². The first-order valence-electron chi connectivity index (χ1n) is 7.27. The molecule has 21 heavy (non-hydrogen) atoms. The standard InChI is InChI=1S/C18H22N2O/c1-14-7-3-4-8-16(14)11-12-19-13-17-9-5-6-10-18(17)20-15(2)21/h3-10,19H,11-13H2,1-2H3,(H,20,21). The summed E-state index contributed by atoms with van der Waals surface area (Å²) in [6, 6.07) is 16.3.